The van der Waals surface area contributed by atoms with Gasteiger partial charge in [0.05, 0.1) is 18.8 Å². The van der Waals surface area contributed by atoms with E-state index in [-0.39, 0.29) is 12.1 Å². The van der Waals surface area contributed by atoms with Crippen molar-refractivity contribution in [1.82, 2.24) is 15.1 Å². The van der Waals surface area contributed by atoms with Crippen molar-refractivity contribution in [2.75, 3.05) is 52.2 Å². The average Bonchev–Trinajstić information content (AvgIpc) is 3.18. The van der Waals surface area contributed by atoms with Crippen molar-refractivity contribution in [2.24, 2.45) is 0 Å². The van der Waals surface area contributed by atoms with Gasteiger partial charge in [-0.05, 0) is 47.6 Å². The quantitative estimate of drug-likeness (QED) is 0.767. The molecule has 0 radical (unpaired) electrons. The number of nitrogens with one attached hydrogen (secondary N) is 2. The van der Waals surface area contributed by atoms with E-state index in [0.717, 1.165) is 26.2 Å². The monoisotopic (exact) mass is 408 g/mol. The first-order valence-electron chi connectivity index (χ1n) is 8.90. The Morgan fingerprint density at radius 2 is 2.07 bits per heavy atom. The van der Waals surface area contributed by atoms with Crippen LogP contribution in [-0.2, 0) is 0 Å². The van der Waals surface area contributed by atoms with Gasteiger partial charge in [0.1, 0.15) is 5.75 Å². The lowest BCUT2D eigenvalue weighted by atomic mass is 10.1. The summed E-state index contributed by atoms with van der Waals surface area (Å²) in [5, 5.41) is 10.6. The molecular formula is C19H25ClN4O2S. The van der Waals surface area contributed by atoms with Gasteiger partial charge in [-0.15, -0.1) is 0 Å². The lowest BCUT2D eigenvalue weighted by Crippen LogP contribution is -2.48. The van der Waals surface area contributed by atoms with E-state index < -0.39 is 0 Å². The van der Waals surface area contributed by atoms with Crippen LogP contribution in [0.5, 0.6) is 5.75 Å². The van der Waals surface area contributed by atoms with Gasteiger partial charge in [0, 0.05) is 37.7 Å². The van der Waals surface area contributed by atoms with Crippen molar-refractivity contribution in [3.8, 4) is 5.75 Å². The third-order valence-electron chi connectivity index (χ3n) is 4.77. The van der Waals surface area contributed by atoms with Gasteiger partial charge in [0.25, 0.3) is 0 Å². The van der Waals surface area contributed by atoms with Crippen LogP contribution in [-0.4, -0.2) is 62.7 Å². The summed E-state index contributed by atoms with van der Waals surface area (Å²) in [6.07, 6.45) is 0. The Bertz CT molecular complexity index is 748. The lowest BCUT2D eigenvalue weighted by Gasteiger charge is -2.38. The molecule has 8 heteroatoms. The summed E-state index contributed by atoms with van der Waals surface area (Å²) in [6, 6.07) is 7.16. The van der Waals surface area contributed by atoms with E-state index in [9.17, 15) is 4.79 Å². The number of anilines is 1. The SMILES string of the molecule is COc1ccc(Cl)cc1NC(=O)NC[C@H](c1ccsc1)N1CCN(C)CC1. The molecular weight excluding hydrogens is 384 g/mol. The zero-order valence-corrected chi connectivity index (χ0v) is 17.1. The van der Waals surface area contributed by atoms with Crippen LogP contribution >= 0.6 is 22.9 Å². The zero-order chi connectivity index (χ0) is 19.2. The molecule has 0 unspecified atom stereocenters. The van der Waals surface area contributed by atoms with E-state index in [2.05, 4.69) is 44.3 Å². The number of ether oxygens (including phenoxy) is 1. The number of hydrogen-bond donors (Lipinski definition) is 2. The molecule has 1 aromatic carbocycles. The minimum atomic E-state index is -0.273. The number of likely N-dealkylation sites (N-methyl/N-ethyl adjacent to an activating group) is 1. The van der Waals surface area contributed by atoms with Gasteiger partial charge in [-0.3, -0.25) is 4.90 Å². The van der Waals surface area contributed by atoms with Gasteiger partial charge in [0.2, 0.25) is 0 Å². The van der Waals surface area contributed by atoms with E-state index in [0.29, 0.717) is 23.0 Å². The normalized spacial score (nSPS) is 16.7. The molecule has 6 nitrogen and oxygen atoms in total. The van der Waals surface area contributed by atoms with E-state index in [4.69, 9.17) is 16.3 Å². The van der Waals surface area contributed by atoms with E-state index >= 15 is 0 Å². The molecule has 2 heterocycles. The Morgan fingerprint density at radius 3 is 2.74 bits per heavy atom. The number of nitrogens with zero attached hydrogens (tertiary/aromatic N) is 2. The molecule has 0 aliphatic carbocycles. The first-order valence-corrected chi connectivity index (χ1v) is 10.2. The number of halogens is 1. The molecule has 2 N–H and O–H groups in total. The van der Waals surface area contributed by atoms with Crippen molar-refractivity contribution < 1.29 is 9.53 Å². The second-order valence-corrected chi connectivity index (χ2v) is 7.81. The molecule has 0 bridgehead atoms. The van der Waals surface area contributed by atoms with Crippen molar-refractivity contribution in [3.05, 3.63) is 45.6 Å². The van der Waals surface area contributed by atoms with Crippen molar-refractivity contribution in [2.45, 2.75) is 6.04 Å². The highest BCUT2D eigenvalue weighted by Crippen LogP contribution is 2.28. The minimum absolute atomic E-state index is 0.164. The molecule has 1 aliphatic heterocycles. The molecule has 0 spiro atoms. The number of piperazine rings is 1. The zero-order valence-electron chi connectivity index (χ0n) is 15.6. The smallest absolute Gasteiger partial charge is 0.319 e. The number of benzene rings is 1. The van der Waals surface area contributed by atoms with Crippen LogP contribution in [0.2, 0.25) is 5.02 Å². The Balaban J connectivity index is 1.63. The molecule has 1 aromatic heterocycles. The number of carbonyl (C=O) groups excluding carboxylic acids is 1. The second kappa shape index (κ2) is 9.41. The third kappa shape index (κ3) is 5.35. The van der Waals surface area contributed by atoms with Gasteiger partial charge in [-0.1, -0.05) is 11.6 Å². The molecule has 0 saturated carbocycles. The number of hydrogen-bond acceptors (Lipinski definition) is 5. The molecule has 1 aliphatic rings. The van der Waals surface area contributed by atoms with Gasteiger partial charge >= 0.3 is 6.03 Å². The predicted molar refractivity (Wildman–Crippen MR) is 111 cm³/mol. The summed E-state index contributed by atoms with van der Waals surface area (Å²) in [5.41, 5.74) is 1.79. The highest BCUT2D eigenvalue weighted by Gasteiger charge is 2.24. The molecule has 2 aromatic rings. The number of thiophene rings is 1. The fraction of sp³-hybridized carbons (Fsp3) is 0.421. The Labute approximate surface area is 169 Å². The number of methoxy groups -OCH3 is 1. The predicted octanol–water partition coefficient (Wildman–Crippen LogP) is 3.52. The van der Waals surface area contributed by atoms with Crippen molar-refractivity contribution >= 4 is 34.7 Å². The maximum absolute atomic E-state index is 12.5. The summed E-state index contributed by atoms with van der Waals surface area (Å²) in [7, 11) is 3.70. The van der Waals surface area contributed by atoms with E-state index in [1.165, 1.54) is 5.56 Å². The number of rotatable bonds is 6. The van der Waals surface area contributed by atoms with Gasteiger partial charge < -0.3 is 20.3 Å². The minimum Gasteiger partial charge on any atom is -0.495 e. The standard InChI is InChI=1S/C19H25ClN4O2S/c1-23-6-8-24(9-7-23)17(14-5-10-27-13-14)12-21-19(25)22-16-11-15(20)3-4-18(16)26-2/h3-5,10-11,13,17H,6-9,12H2,1-2H3,(H2,21,22,25)/t17-/m1/s1. The fourth-order valence-electron chi connectivity index (χ4n) is 3.19. The van der Waals surface area contributed by atoms with E-state index in [1.54, 1.807) is 36.6 Å². The molecule has 146 valence electrons. The fourth-order valence-corrected chi connectivity index (χ4v) is 4.07. The third-order valence-corrected chi connectivity index (χ3v) is 5.71. The van der Waals surface area contributed by atoms with Crippen molar-refractivity contribution in [1.29, 1.82) is 0 Å². The molecule has 1 fully saturated rings. The maximum atomic E-state index is 12.5. The molecule has 3 rings (SSSR count). The largest absolute Gasteiger partial charge is 0.495 e. The van der Waals surface area contributed by atoms with Crippen LogP contribution in [0, 0.1) is 0 Å². The molecule has 2 amide bonds. The first kappa shape index (κ1) is 19.9. The highest BCUT2D eigenvalue weighted by molar-refractivity contribution is 7.08. The average molecular weight is 409 g/mol. The van der Waals surface area contributed by atoms with Crippen LogP contribution in [0.3, 0.4) is 0 Å². The first-order chi connectivity index (χ1) is 13.1. The number of carbonyl (C=O) groups is 1. The van der Waals surface area contributed by atoms with Crippen LogP contribution < -0.4 is 15.4 Å². The van der Waals surface area contributed by atoms with Gasteiger partial charge in [0.15, 0.2) is 0 Å². The Morgan fingerprint density at radius 1 is 1.30 bits per heavy atom. The topological polar surface area (TPSA) is 56.8 Å². The van der Waals surface area contributed by atoms with E-state index in [1.807, 2.05) is 0 Å². The van der Waals surface area contributed by atoms with Gasteiger partial charge in [-0.2, -0.15) is 11.3 Å². The van der Waals surface area contributed by atoms with Crippen LogP contribution in [0.25, 0.3) is 0 Å². The van der Waals surface area contributed by atoms with Crippen molar-refractivity contribution in [3.63, 3.8) is 0 Å². The Hall–Kier alpha value is -1.80. The lowest BCUT2D eigenvalue weighted by molar-refractivity contribution is 0.111. The molecule has 27 heavy (non-hydrogen) atoms. The number of amides is 2. The van der Waals surface area contributed by atoms with Crippen LogP contribution in [0.4, 0.5) is 10.5 Å². The maximum Gasteiger partial charge on any atom is 0.319 e. The summed E-state index contributed by atoms with van der Waals surface area (Å²) >= 11 is 7.71. The summed E-state index contributed by atoms with van der Waals surface area (Å²) in [4.78, 5) is 17.2. The highest BCUT2D eigenvalue weighted by atomic mass is 35.5. The summed E-state index contributed by atoms with van der Waals surface area (Å²) in [6.45, 7) is 4.58. The summed E-state index contributed by atoms with van der Waals surface area (Å²) in [5.74, 6) is 0.572. The number of urea groups is 1. The summed E-state index contributed by atoms with van der Waals surface area (Å²) < 4.78 is 5.28. The van der Waals surface area contributed by atoms with Gasteiger partial charge in [-0.25, -0.2) is 4.79 Å². The molecule has 1 saturated heterocycles. The molecule has 1 atom stereocenters. The van der Waals surface area contributed by atoms with Crippen LogP contribution in [0.1, 0.15) is 11.6 Å². The Kier molecular flexibility index (Phi) is 6.95. The van der Waals surface area contributed by atoms with Crippen LogP contribution in [0.15, 0.2) is 35.0 Å². The second-order valence-electron chi connectivity index (χ2n) is 6.59.